The summed E-state index contributed by atoms with van der Waals surface area (Å²) in [5, 5.41) is 6.42. The zero-order chi connectivity index (χ0) is 21.0. The number of carbonyl (C=O) groups is 1. The number of aryl methyl sites for hydroxylation is 1. The molecule has 1 amide bonds. The molecular formula is C23H28F2N2O. The largest absolute Gasteiger partial charge is 0.356 e. The van der Waals surface area contributed by atoms with Gasteiger partial charge in [-0.15, -0.1) is 12.8 Å². The number of hydrogen-bond donors (Lipinski definition) is 2. The van der Waals surface area contributed by atoms with Gasteiger partial charge in [-0.05, 0) is 56.0 Å². The van der Waals surface area contributed by atoms with E-state index in [1.807, 2.05) is 0 Å². The third-order valence-electron chi connectivity index (χ3n) is 4.27. The molecule has 0 bridgehead atoms. The van der Waals surface area contributed by atoms with Crippen LogP contribution in [0, 0.1) is 31.4 Å². The molecular weight excluding hydrogens is 358 g/mol. The standard InChI is InChI=1S/C14H20N2O.C7H6F2.C2H2/c1-12(17)15-10-5-11-16-14(8-9-14)13-6-3-2-4-7-13;1-5-2-6(8)4-7(9)3-5;1-2/h2-4,6-7,16H,5,8-11H2,1H3,(H,15,17);2-4H,1H3;1-2H. The Hall–Kier alpha value is -2.71. The van der Waals surface area contributed by atoms with Crippen molar-refractivity contribution in [3.8, 4) is 12.8 Å². The van der Waals surface area contributed by atoms with E-state index in [0.717, 1.165) is 25.6 Å². The molecule has 1 aliphatic rings. The third kappa shape index (κ3) is 8.32. The van der Waals surface area contributed by atoms with E-state index in [1.54, 1.807) is 13.8 Å². The zero-order valence-corrected chi connectivity index (χ0v) is 16.5. The lowest BCUT2D eigenvalue weighted by Gasteiger charge is -2.17. The van der Waals surface area contributed by atoms with E-state index in [0.29, 0.717) is 5.56 Å². The fraction of sp³-hybridized carbons (Fsp3) is 0.348. The maximum absolute atomic E-state index is 12.2. The highest BCUT2D eigenvalue weighted by molar-refractivity contribution is 5.72. The van der Waals surface area contributed by atoms with Crippen molar-refractivity contribution in [2.45, 2.75) is 38.6 Å². The molecule has 0 aliphatic heterocycles. The summed E-state index contributed by atoms with van der Waals surface area (Å²) in [6.45, 7) is 4.91. The van der Waals surface area contributed by atoms with E-state index in [9.17, 15) is 13.6 Å². The highest BCUT2D eigenvalue weighted by Crippen LogP contribution is 2.45. The number of rotatable bonds is 6. The van der Waals surface area contributed by atoms with Crippen LogP contribution < -0.4 is 10.6 Å². The summed E-state index contributed by atoms with van der Waals surface area (Å²) in [5.41, 5.74) is 2.21. The molecule has 0 unspecified atom stereocenters. The summed E-state index contributed by atoms with van der Waals surface area (Å²) in [5.74, 6) is -0.991. The van der Waals surface area contributed by atoms with Crippen LogP contribution in [0.25, 0.3) is 0 Å². The van der Waals surface area contributed by atoms with Gasteiger partial charge in [-0.25, -0.2) is 8.78 Å². The summed E-state index contributed by atoms with van der Waals surface area (Å²) in [7, 11) is 0. The second-order valence-corrected chi connectivity index (χ2v) is 6.66. The van der Waals surface area contributed by atoms with E-state index >= 15 is 0 Å². The van der Waals surface area contributed by atoms with Gasteiger partial charge in [0.2, 0.25) is 5.91 Å². The van der Waals surface area contributed by atoms with Gasteiger partial charge in [0.1, 0.15) is 11.6 Å². The third-order valence-corrected chi connectivity index (χ3v) is 4.27. The fourth-order valence-electron chi connectivity index (χ4n) is 2.82. The summed E-state index contributed by atoms with van der Waals surface area (Å²) in [6.07, 6.45) is 11.4. The van der Waals surface area contributed by atoms with Crippen LogP contribution in [0.1, 0.15) is 37.3 Å². The Balaban J connectivity index is 0.000000301. The minimum atomic E-state index is -0.521. The van der Waals surface area contributed by atoms with Gasteiger partial charge in [-0.2, -0.15) is 0 Å². The Morgan fingerprint density at radius 1 is 1.04 bits per heavy atom. The highest BCUT2D eigenvalue weighted by Gasteiger charge is 2.43. The molecule has 2 N–H and O–H groups in total. The Morgan fingerprint density at radius 3 is 2.07 bits per heavy atom. The molecule has 3 nitrogen and oxygen atoms in total. The molecule has 0 radical (unpaired) electrons. The normalized spacial score (nSPS) is 13.2. The molecule has 150 valence electrons. The van der Waals surface area contributed by atoms with Crippen molar-refractivity contribution in [1.82, 2.24) is 10.6 Å². The molecule has 0 atom stereocenters. The van der Waals surface area contributed by atoms with Crippen LogP contribution in [-0.2, 0) is 10.3 Å². The molecule has 1 aliphatic carbocycles. The van der Waals surface area contributed by atoms with Gasteiger partial charge in [-0.3, -0.25) is 4.79 Å². The van der Waals surface area contributed by atoms with Crippen LogP contribution >= 0.6 is 0 Å². The Morgan fingerprint density at radius 2 is 1.61 bits per heavy atom. The quantitative estimate of drug-likeness (QED) is 0.574. The van der Waals surface area contributed by atoms with Crippen LogP contribution in [0.5, 0.6) is 0 Å². The zero-order valence-electron chi connectivity index (χ0n) is 16.5. The highest BCUT2D eigenvalue weighted by atomic mass is 19.1. The van der Waals surface area contributed by atoms with Crippen molar-refractivity contribution >= 4 is 5.91 Å². The van der Waals surface area contributed by atoms with Gasteiger partial charge in [0.15, 0.2) is 0 Å². The van der Waals surface area contributed by atoms with Crippen molar-refractivity contribution in [2.24, 2.45) is 0 Å². The molecule has 5 heteroatoms. The molecule has 0 heterocycles. The van der Waals surface area contributed by atoms with Gasteiger partial charge < -0.3 is 10.6 Å². The molecule has 0 aromatic heterocycles. The van der Waals surface area contributed by atoms with E-state index < -0.39 is 11.6 Å². The average molecular weight is 386 g/mol. The number of halogens is 2. The first-order valence-electron chi connectivity index (χ1n) is 9.22. The van der Waals surface area contributed by atoms with Crippen LogP contribution in [-0.4, -0.2) is 19.0 Å². The second kappa shape index (κ2) is 11.9. The molecule has 0 spiro atoms. The summed E-state index contributed by atoms with van der Waals surface area (Å²) in [4.78, 5) is 10.7. The lowest BCUT2D eigenvalue weighted by atomic mass is 10.1. The number of benzene rings is 2. The molecule has 0 saturated heterocycles. The number of amides is 1. The van der Waals surface area contributed by atoms with Crippen molar-refractivity contribution in [3.05, 3.63) is 71.3 Å². The topological polar surface area (TPSA) is 41.1 Å². The molecule has 1 fully saturated rings. The van der Waals surface area contributed by atoms with Gasteiger partial charge >= 0.3 is 0 Å². The van der Waals surface area contributed by atoms with Crippen LogP contribution in [0.2, 0.25) is 0 Å². The maximum Gasteiger partial charge on any atom is 0.216 e. The number of hydrogen-bond acceptors (Lipinski definition) is 2. The van der Waals surface area contributed by atoms with Crippen molar-refractivity contribution in [3.63, 3.8) is 0 Å². The molecule has 28 heavy (non-hydrogen) atoms. The van der Waals surface area contributed by atoms with Crippen LogP contribution in [0.4, 0.5) is 8.78 Å². The predicted octanol–water partition coefficient (Wildman–Crippen LogP) is 4.31. The van der Waals surface area contributed by atoms with Gasteiger partial charge in [0.05, 0.1) is 0 Å². The second-order valence-electron chi connectivity index (χ2n) is 6.66. The Kier molecular flexibility index (Phi) is 9.91. The molecule has 2 aromatic rings. The Labute approximate surface area is 166 Å². The van der Waals surface area contributed by atoms with Crippen LogP contribution in [0.3, 0.4) is 0 Å². The molecule has 3 rings (SSSR count). The lowest BCUT2D eigenvalue weighted by molar-refractivity contribution is -0.118. The fourth-order valence-corrected chi connectivity index (χ4v) is 2.82. The van der Waals surface area contributed by atoms with Gasteiger partial charge in [0, 0.05) is 25.1 Å². The Bertz CT molecular complexity index is 705. The summed E-state index contributed by atoms with van der Waals surface area (Å²) in [6, 6.07) is 14.0. The summed E-state index contributed by atoms with van der Waals surface area (Å²) < 4.78 is 24.4. The SMILES string of the molecule is C#C.CC(=O)NCCCNC1(c2ccccc2)CC1.Cc1cc(F)cc(F)c1. The smallest absolute Gasteiger partial charge is 0.216 e. The number of nitrogens with one attached hydrogen (secondary N) is 2. The first kappa shape index (κ1) is 23.3. The van der Waals surface area contributed by atoms with Crippen molar-refractivity contribution in [2.75, 3.05) is 13.1 Å². The first-order chi connectivity index (χ1) is 13.4. The van der Waals surface area contributed by atoms with E-state index in [4.69, 9.17) is 0 Å². The van der Waals surface area contributed by atoms with Crippen LogP contribution in [0.15, 0.2) is 48.5 Å². The first-order valence-corrected chi connectivity index (χ1v) is 9.22. The predicted molar refractivity (Wildman–Crippen MR) is 110 cm³/mol. The van der Waals surface area contributed by atoms with E-state index in [-0.39, 0.29) is 11.4 Å². The summed E-state index contributed by atoms with van der Waals surface area (Å²) >= 11 is 0. The van der Waals surface area contributed by atoms with Crippen molar-refractivity contribution in [1.29, 1.82) is 0 Å². The van der Waals surface area contributed by atoms with E-state index in [1.165, 1.54) is 30.5 Å². The number of terminal acetylenes is 1. The maximum atomic E-state index is 12.2. The monoisotopic (exact) mass is 386 g/mol. The number of carbonyl (C=O) groups excluding carboxylic acids is 1. The van der Waals surface area contributed by atoms with Gasteiger partial charge in [-0.1, -0.05) is 30.3 Å². The lowest BCUT2D eigenvalue weighted by Crippen LogP contribution is -2.32. The average Bonchev–Trinajstić information content (AvgIpc) is 3.44. The van der Waals surface area contributed by atoms with Crippen molar-refractivity contribution < 1.29 is 13.6 Å². The molecule has 1 saturated carbocycles. The van der Waals surface area contributed by atoms with Gasteiger partial charge in [0.25, 0.3) is 0 Å². The minimum Gasteiger partial charge on any atom is -0.356 e. The molecule has 2 aromatic carbocycles. The minimum absolute atomic E-state index is 0.0502. The van der Waals surface area contributed by atoms with E-state index in [2.05, 4.69) is 53.8 Å².